The zero-order valence-electron chi connectivity index (χ0n) is 26.7. The minimum absolute atomic E-state index is 0.167. The van der Waals surface area contributed by atoms with E-state index in [1.807, 2.05) is 31.2 Å². The van der Waals surface area contributed by atoms with Gasteiger partial charge in [-0.1, -0.05) is 96.3 Å². The van der Waals surface area contributed by atoms with Gasteiger partial charge in [0.15, 0.2) is 0 Å². The lowest BCUT2D eigenvalue weighted by molar-refractivity contribution is 0.0319. The second-order valence-corrected chi connectivity index (χ2v) is 11.5. The number of esters is 2. The molecule has 0 saturated heterocycles. The summed E-state index contributed by atoms with van der Waals surface area (Å²) in [5.41, 5.74) is 1.67. The Morgan fingerprint density at radius 1 is 0.659 bits per heavy atom. The summed E-state index contributed by atoms with van der Waals surface area (Å²) in [4.78, 5) is 25.1. The molecule has 0 spiro atoms. The zero-order valence-corrected chi connectivity index (χ0v) is 26.7. The zero-order chi connectivity index (χ0) is 31.6. The fourth-order valence-corrected chi connectivity index (χ4v) is 5.02. The van der Waals surface area contributed by atoms with Gasteiger partial charge in [0.05, 0.1) is 23.8 Å². The maximum Gasteiger partial charge on any atom is 0.346 e. The van der Waals surface area contributed by atoms with E-state index < -0.39 is 17.8 Å². The van der Waals surface area contributed by atoms with E-state index in [2.05, 4.69) is 13.8 Å². The first-order chi connectivity index (χ1) is 21.4. The minimum atomic E-state index is -0.810. The van der Waals surface area contributed by atoms with E-state index in [1.54, 1.807) is 6.07 Å². The Bertz CT molecular complexity index is 1270. The van der Waals surface area contributed by atoms with Crippen molar-refractivity contribution in [3.8, 4) is 22.6 Å². The average molecular weight is 605 g/mol. The van der Waals surface area contributed by atoms with Crippen molar-refractivity contribution in [2.45, 2.75) is 110 Å². The number of ether oxygens (including phenoxy) is 3. The summed E-state index contributed by atoms with van der Waals surface area (Å²) in [7, 11) is 0. The lowest BCUT2D eigenvalue weighted by atomic mass is 10.0. The molecular weight excluding hydrogens is 555 g/mol. The predicted molar refractivity (Wildman–Crippen MR) is 175 cm³/mol. The van der Waals surface area contributed by atoms with Crippen LogP contribution in [-0.4, -0.2) is 24.6 Å². The normalized spacial score (nSPS) is 11.6. The van der Waals surface area contributed by atoms with Crippen LogP contribution in [0.4, 0.5) is 4.39 Å². The number of carbonyl (C=O) groups excluding carboxylic acids is 2. The van der Waals surface area contributed by atoms with Gasteiger partial charge in [0.25, 0.3) is 0 Å². The van der Waals surface area contributed by atoms with Gasteiger partial charge in [-0.2, -0.15) is 0 Å². The van der Waals surface area contributed by atoms with Crippen LogP contribution < -0.4 is 9.47 Å². The van der Waals surface area contributed by atoms with Gasteiger partial charge in [-0.15, -0.1) is 0 Å². The predicted octanol–water partition coefficient (Wildman–Crippen LogP) is 10.7. The Morgan fingerprint density at radius 2 is 1.23 bits per heavy atom. The summed E-state index contributed by atoms with van der Waals surface area (Å²) in [5, 5.41) is 0. The molecule has 0 N–H and O–H groups in total. The number of rotatable bonds is 20. The summed E-state index contributed by atoms with van der Waals surface area (Å²) < 4.78 is 31.7. The van der Waals surface area contributed by atoms with Gasteiger partial charge in [0, 0.05) is 0 Å². The average Bonchev–Trinajstić information content (AvgIpc) is 3.03. The number of benzene rings is 3. The van der Waals surface area contributed by atoms with Gasteiger partial charge >= 0.3 is 11.9 Å². The second kappa shape index (κ2) is 19.6. The van der Waals surface area contributed by atoms with Crippen LogP contribution in [0.2, 0.25) is 0 Å². The molecule has 0 aromatic heterocycles. The summed E-state index contributed by atoms with van der Waals surface area (Å²) in [6.45, 7) is 6.97. The fourth-order valence-electron chi connectivity index (χ4n) is 5.02. The highest BCUT2D eigenvalue weighted by atomic mass is 19.1. The highest BCUT2D eigenvalue weighted by Gasteiger charge is 2.17. The minimum Gasteiger partial charge on any atom is -0.494 e. The highest BCUT2D eigenvalue weighted by Crippen LogP contribution is 2.26. The van der Waals surface area contributed by atoms with E-state index in [4.69, 9.17) is 14.2 Å². The third kappa shape index (κ3) is 12.1. The first-order valence-electron chi connectivity index (χ1n) is 16.5. The Kier molecular flexibility index (Phi) is 15.5. The number of carbonyl (C=O) groups is 2. The molecule has 5 nitrogen and oxygen atoms in total. The number of halogens is 1. The molecule has 0 aliphatic heterocycles. The van der Waals surface area contributed by atoms with E-state index in [9.17, 15) is 14.0 Å². The Hall–Kier alpha value is -3.67. The smallest absolute Gasteiger partial charge is 0.346 e. The van der Waals surface area contributed by atoms with Gasteiger partial charge in [-0.25, -0.2) is 14.0 Å². The van der Waals surface area contributed by atoms with Gasteiger partial charge in [-0.05, 0) is 85.8 Å². The number of hydrogen-bond donors (Lipinski definition) is 0. The lowest BCUT2D eigenvalue weighted by Gasteiger charge is -2.13. The van der Waals surface area contributed by atoms with Gasteiger partial charge in [0.1, 0.15) is 17.3 Å². The molecule has 3 aromatic rings. The van der Waals surface area contributed by atoms with Crippen molar-refractivity contribution in [2.24, 2.45) is 0 Å². The molecular formula is C38H49FO5. The van der Waals surface area contributed by atoms with Crippen molar-refractivity contribution >= 4 is 11.9 Å². The van der Waals surface area contributed by atoms with E-state index in [-0.39, 0.29) is 17.4 Å². The standard InChI is InChI=1S/C38H49FO5/c1-4-6-8-10-11-12-13-15-27-42-33-22-17-30(18-23-33)32-21-26-35(36(39)28-32)38(41)44-34-24-19-31(20-25-34)37(40)43-29(3)16-14-9-7-5-2/h17-26,28-29H,4-16,27H2,1-3H3/t29-/m1/s1. The molecule has 44 heavy (non-hydrogen) atoms. The molecule has 3 aromatic carbocycles. The van der Waals surface area contributed by atoms with Gasteiger partial charge < -0.3 is 14.2 Å². The Balaban J connectivity index is 1.45. The van der Waals surface area contributed by atoms with Crippen molar-refractivity contribution < 1.29 is 28.2 Å². The molecule has 6 heteroatoms. The first-order valence-corrected chi connectivity index (χ1v) is 16.5. The SMILES string of the molecule is CCCCCCCCCCOc1ccc(-c2ccc(C(=O)Oc3ccc(C(=O)O[C@H](C)CCCCCC)cc3)c(F)c2)cc1. The number of hydrogen-bond acceptors (Lipinski definition) is 5. The van der Waals surface area contributed by atoms with Crippen molar-refractivity contribution in [3.05, 3.63) is 83.7 Å². The lowest BCUT2D eigenvalue weighted by Crippen LogP contribution is -2.15. The van der Waals surface area contributed by atoms with E-state index in [1.165, 1.54) is 87.8 Å². The van der Waals surface area contributed by atoms with E-state index in [0.29, 0.717) is 17.7 Å². The topological polar surface area (TPSA) is 61.8 Å². The van der Waals surface area contributed by atoms with Crippen LogP contribution >= 0.6 is 0 Å². The van der Waals surface area contributed by atoms with Crippen LogP contribution in [0.1, 0.15) is 125 Å². The van der Waals surface area contributed by atoms with E-state index in [0.717, 1.165) is 43.4 Å². The van der Waals surface area contributed by atoms with Crippen LogP contribution in [0.3, 0.4) is 0 Å². The third-order valence-corrected chi connectivity index (χ3v) is 7.72. The van der Waals surface area contributed by atoms with Crippen LogP contribution in [-0.2, 0) is 4.74 Å². The quantitative estimate of drug-likeness (QED) is 0.0729. The number of unbranched alkanes of at least 4 members (excludes halogenated alkanes) is 10. The summed E-state index contributed by atoms with van der Waals surface area (Å²) in [5.74, 6) is -0.903. The molecule has 0 radical (unpaired) electrons. The summed E-state index contributed by atoms with van der Waals surface area (Å²) in [6, 6.07) is 18.1. The maximum absolute atomic E-state index is 15.0. The van der Waals surface area contributed by atoms with Crippen molar-refractivity contribution in [3.63, 3.8) is 0 Å². The van der Waals surface area contributed by atoms with Crippen LogP contribution in [0, 0.1) is 5.82 Å². The highest BCUT2D eigenvalue weighted by molar-refractivity contribution is 5.92. The van der Waals surface area contributed by atoms with Gasteiger partial charge in [-0.3, -0.25) is 0 Å². The summed E-state index contributed by atoms with van der Waals surface area (Å²) >= 11 is 0. The van der Waals surface area contributed by atoms with Crippen molar-refractivity contribution in [1.82, 2.24) is 0 Å². The third-order valence-electron chi connectivity index (χ3n) is 7.72. The molecule has 0 heterocycles. The molecule has 0 aliphatic carbocycles. The molecule has 0 unspecified atom stereocenters. The second-order valence-electron chi connectivity index (χ2n) is 11.5. The Morgan fingerprint density at radius 3 is 1.86 bits per heavy atom. The maximum atomic E-state index is 15.0. The van der Waals surface area contributed by atoms with Gasteiger partial charge in [0.2, 0.25) is 0 Å². The van der Waals surface area contributed by atoms with E-state index >= 15 is 0 Å². The molecule has 0 saturated carbocycles. The molecule has 0 fully saturated rings. The molecule has 238 valence electrons. The van der Waals surface area contributed by atoms with Crippen LogP contribution in [0.5, 0.6) is 11.5 Å². The van der Waals surface area contributed by atoms with Crippen molar-refractivity contribution in [1.29, 1.82) is 0 Å². The summed E-state index contributed by atoms with van der Waals surface area (Å²) in [6.07, 6.45) is 15.2. The van der Waals surface area contributed by atoms with Crippen molar-refractivity contribution in [2.75, 3.05) is 6.61 Å². The first kappa shape index (κ1) is 34.8. The monoisotopic (exact) mass is 604 g/mol. The van der Waals surface area contributed by atoms with Crippen LogP contribution in [0.15, 0.2) is 66.7 Å². The van der Waals surface area contributed by atoms with Crippen LogP contribution in [0.25, 0.3) is 11.1 Å². The molecule has 3 rings (SSSR count). The molecule has 0 amide bonds. The molecule has 0 aliphatic rings. The Labute approximate surface area is 263 Å². The largest absolute Gasteiger partial charge is 0.494 e. The molecule has 1 atom stereocenters. The fraction of sp³-hybridized carbons (Fsp3) is 0.474. The molecule has 0 bridgehead atoms.